The van der Waals surface area contributed by atoms with E-state index < -0.39 is 0 Å². The summed E-state index contributed by atoms with van der Waals surface area (Å²) in [4.78, 5) is 4.73. The minimum absolute atomic E-state index is 1.08. The average Bonchev–Trinajstić information content (AvgIpc) is 2.87. The van der Waals surface area contributed by atoms with Gasteiger partial charge in [-0.25, -0.2) is 4.98 Å². The van der Waals surface area contributed by atoms with Gasteiger partial charge in [0.15, 0.2) is 0 Å². The van der Waals surface area contributed by atoms with Crippen molar-refractivity contribution in [1.29, 1.82) is 0 Å². The van der Waals surface area contributed by atoms with Crippen LogP contribution in [0.4, 0.5) is 0 Å². The third-order valence-electron chi connectivity index (χ3n) is 3.24. The van der Waals surface area contributed by atoms with E-state index >= 15 is 0 Å². The maximum atomic E-state index is 4.73. The second-order valence-electron chi connectivity index (χ2n) is 4.14. The minimum atomic E-state index is 1.08. The van der Waals surface area contributed by atoms with Crippen LogP contribution in [0.3, 0.4) is 0 Å². The number of allylic oxidation sites excluding steroid dienone is 4. The summed E-state index contributed by atoms with van der Waals surface area (Å²) in [6.45, 7) is 0. The van der Waals surface area contributed by atoms with Gasteiger partial charge in [-0.1, -0.05) is 30.4 Å². The molecule has 0 radical (unpaired) electrons. The molecule has 0 amide bonds. The van der Waals surface area contributed by atoms with E-state index in [-0.39, 0.29) is 0 Å². The third kappa shape index (κ3) is 0.852. The number of hydrogen-bond acceptors (Lipinski definition) is 1. The molecule has 2 aromatic rings. The van der Waals surface area contributed by atoms with Gasteiger partial charge in [0.1, 0.15) is 0 Å². The molecule has 2 aliphatic carbocycles. The number of hydrogen-bond donors (Lipinski definition) is 0. The molecule has 15 heavy (non-hydrogen) atoms. The van der Waals surface area contributed by atoms with E-state index in [1.165, 1.54) is 27.8 Å². The Kier molecular flexibility index (Phi) is 1.17. The molecule has 1 aromatic carbocycles. The normalized spacial score (nSPS) is 16.5. The van der Waals surface area contributed by atoms with Crippen LogP contribution in [0.25, 0.3) is 22.0 Å². The second kappa shape index (κ2) is 2.37. The summed E-state index contributed by atoms with van der Waals surface area (Å²) in [7, 11) is 0. The Morgan fingerprint density at radius 1 is 1.00 bits per heavy atom. The summed E-state index contributed by atoms with van der Waals surface area (Å²) in [5, 5.41) is 1.24. The zero-order chi connectivity index (χ0) is 9.83. The molecule has 0 saturated carbocycles. The van der Waals surface area contributed by atoms with Gasteiger partial charge in [0.25, 0.3) is 0 Å². The highest BCUT2D eigenvalue weighted by Gasteiger charge is 2.25. The largest absolute Gasteiger partial charge is 0.247 e. The van der Waals surface area contributed by atoms with E-state index in [4.69, 9.17) is 4.98 Å². The molecule has 2 bridgehead atoms. The van der Waals surface area contributed by atoms with Crippen molar-refractivity contribution >= 4 is 22.0 Å². The van der Waals surface area contributed by atoms with Gasteiger partial charge < -0.3 is 0 Å². The number of para-hydroxylation sites is 1. The summed E-state index contributed by atoms with van der Waals surface area (Å²) in [6.07, 6.45) is 5.49. The highest BCUT2D eigenvalue weighted by Crippen LogP contribution is 2.44. The van der Waals surface area contributed by atoms with Crippen molar-refractivity contribution in [2.24, 2.45) is 0 Å². The average molecular weight is 191 g/mol. The molecule has 0 fully saturated rings. The predicted molar refractivity (Wildman–Crippen MR) is 62.3 cm³/mol. The van der Waals surface area contributed by atoms with Gasteiger partial charge >= 0.3 is 0 Å². The van der Waals surface area contributed by atoms with Gasteiger partial charge in [0, 0.05) is 17.4 Å². The lowest BCUT2D eigenvalue weighted by Crippen LogP contribution is -1.90. The van der Waals surface area contributed by atoms with E-state index in [9.17, 15) is 0 Å². The molecule has 0 atom stereocenters. The van der Waals surface area contributed by atoms with E-state index in [0.29, 0.717) is 0 Å². The Balaban J connectivity index is 2.16. The lowest BCUT2D eigenvalue weighted by atomic mass is 10.1. The molecule has 0 aliphatic heterocycles. The fraction of sp³-hybridized carbons (Fsp3) is 0.0714. The molecule has 0 spiro atoms. The van der Waals surface area contributed by atoms with Crippen LogP contribution in [0.1, 0.15) is 17.7 Å². The van der Waals surface area contributed by atoms with Crippen molar-refractivity contribution in [2.75, 3.05) is 0 Å². The highest BCUT2D eigenvalue weighted by molar-refractivity contribution is 6.00. The summed E-state index contributed by atoms with van der Waals surface area (Å²) >= 11 is 0. The standard InChI is InChI=1S/C14H9N/c1-2-4-13-10(3-1)8-12-9-5-6-11(7-9)14(12)15-13/h1-6,8H,7H2. The van der Waals surface area contributed by atoms with Gasteiger partial charge in [-0.3, -0.25) is 0 Å². The Morgan fingerprint density at radius 3 is 2.87 bits per heavy atom. The first-order valence-corrected chi connectivity index (χ1v) is 5.22. The maximum absolute atomic E-state index is 4.73. The van der Waals surface area contributed by atoms with Crippen LogP contribution in [0, 0.1) is 0 Å². The lowest BCUT2D eigenvalue weighted by Gasteiger charge is -2.05. The van der Waals surface area contributed by atoms with Crippen LogP contribution in [-0.4, -0.2) is 4.98 Å². The van der Waals surface area contributed by atoms with Gasteiger partial charge in [-0.05, 0) is 23.3 Å². The molecule has 70 valence electrons. The van der Waals surface area contributed by atoms with Crippen LogP contribution < -0.4 is 0 Å². The molecule has 1 nitrogen and oxygen atoms in total. The van der Waals surface area contributed by atoms with Gasteiger partial charge in [0.05, 0.1) is 11.2 Å². The van der Waals surface area contributed by atoms with E-state index in [1.54, 1.807) is 0 Å². The number of rotatable bonds is 0. The second-order valence-corrected chi connectivity index (χ2v) is 4.14. The zero-order valence-electron chi connectivity index (χ0n) is 8.20. The van der Waals surface area contributed by atoms with E-state index in [2.05, 4.69) is 36.4 Å². The van der Waals surface area contributed by atoms with Crippen LogP contribution in [-0.2, 0) is 0 Å². The molecule has 4 rings (SSSR count). The number of pyridine rings is 1. The fourth-order valence-electron chi connectivity index (χ4n) is 2.48. The molecule has 2 aliphatic rings. The Bertz CT molecular complexity index is 591. The van der Waals surface area contributed by atoms with Crippen molar-refractivity contribution in [3.63, 3.8) is 0 Å². The number of fused-ring (bicyclic) bond motifs is 6. The number of benzene rings is 1. The predicted octanol–water partition coefficient (Wildman–Crippen LogP) is 3.42. The minimum Gasteiger partial charge on any atom is -0.247 e. The topological polar surface area (TPSA) is 12.9 Å². The number of nitrogens with zero attached hydrogens (tertiary/aromatic N) is 1. The summed E-state index contributed by atoms with van der Waals surface area (Å²) in [6, 6.07) is 10.6. The number of aromatic nitrogens is 1. The van der Waals surface area contributed by atoms with E-state index in [0.717, 1.165) is 11.9 Å². The van der Waals surface area contributed by atoms with Crippen LogP contribution in [0.2, 0.25) is 0 Å². The summed E-state index contributed by atoms with van der Waals surface area (Å²) in [5.41, 5.74) is 6.45. The maximum Gasteiger partial charge on any atom is 0.0747 e. The first-order chi connectivity index (χ1) is 7.42. The smallest absolute Gasteiger partial charge is 0.0747 e. The SMILES string of the molecule is C1=C2CC(=C1)c1nc3ccccc3cc12. The Hall–Kier alpha value is -1.89. The first kappa shape index (κ1) is 7.41. The third-order valence-corrected chi connectivity index (χ3v) is 3.24. The van der Waals surface area contributed by atoms with Crippen LogP contribution >= 0.6 is 0 Å². The Labute approximate surface area is 87.8 Å². The summed E-state index contributed by atoms with van der Waals surface area (Å²) in [5.74, 6) is 0. The van der Waals surface area contributed by atoms with Crippen molar-refractivity contribution in [1.82, 2.24) is 4.98 Å². The van der Waals surface area contributed by atoms with Crippen molar-refractivity contribution in [3.8, 4) is 0 Å². The first-order valence-electron chi connectivity index (χ1n) is 5.22. The quantitative estimate of drug-likeness (QED) is 0.621. The zero-order valence-corrected chi connectivity index (χ0v) is 8.20. The molecule has 1 heteroatoms. The Morgan fingerprint density at radius 2 is 1.87 bits per heavy atom. The molecule has 1 heterocycles. The monoisotopic (exact) mass is 191 g/mol. The van der Waals surface area contributed by atoms with Gasteiger partial charge in [0.2, 0.25) is 0 Å². The van der Waals surface area contributed by atoms with E-state index in [1.807, 2.05) is 6.07 Å². The molecular formula is C14H9N. The highest BCUT2D eigenvalue weighted by atomic mass is 14.7. The molecule has 1 aromatic heterocycles. The van der Waals surface area contributed by atoms with Crippen LogP contribution in [0.5, 0.6) is 0 Å². The van der Waals surface area contributed by atoms with Crippen molar-refractivity contribution in [3.05, 3.63) is 53.7 Å². The summed E-state index contributed by atoms with van der Waals surface area (Å²) < 4.78 is 0. The van der Waals surface area contributed by atoms with Crippen molar-refractivity contribution in [2.45, 2.75) is 6.42 Å². The molecule has 0 unspecified atom stereocenters. The molecule has 0 N–H and O–H groups in total. The van der Waals surface area contributed by atoms with Gasteiger partial charge in [-0.15, -0.1) is 0 Å². The lowest BCUT2D eigenvalue weighted by molar-refractivity contribution is 1.34. The van der Waals surface area contributed by atoms with Crippen molar-refractivity contribution < 1.29 is 0 Å². The fourth-order valence-corrected chi connectivity index (χ4v) is 2.48. The molecule has 0 saturated heterocycles. The molecular weight excluding hydrogens is 182 g/mol. The van der Waals surface area contributed by atoms with Gasteiger partial charge in [-0.2, -0.15) is 0 Å². The van der Waals surface area contributed by atoms with Crippen LogP contribution in [0.15, 0.2) is 42.5 Å².